The highest BCUT2D eigenvalue weighted by Gasteiger charge is 2.25. The van der Waals surface area contributed by atoms with Crippen molar-refractivity contribution in [1.29, 1.82) is 0 Å². The van der Waals surface area contributed by atoms with Gasteiger partial charge in [0.25, 0.3) is 0 Å². The number of nitrogens with zero attached hydrogens (tertiary/aromatic N) is 1. The monoisotopic (exact) mass is 436 g/mol. The van der Waals surface area contributed by atoms with Gasteiger partial charge in [-0.1, -0.05) is 11.6 Å². The second-order valence-corrected chi connectivity index (χ2v) is 7.03. The summed E-state index contributed by atoms with van der Waals surface area (Å²) in [6.07, 6.45) is 0. The predicted molar refractivity (Wildman–Crippen MR) is 105 cm³/mol. The standard InChI is InChI=1S/C18H14ClN3O6S/c1-27-12-5-3-11(4-6-12)22-16(18(26)28-21-22)29-9-15(23)20-10-2-7-14(19)13(8-10)17(24)25/h2-8H,9H2,1H3,(H2-,20,21,23,24,25,26)/p+1. The first-order valence-electron chi connectivity index (χ1n) is 8.12. The van der Waals surface area contributed by atoms with E-state index in [1.165, 1.54) is 22.9 Å². The summed E-state index contributed by atoms with van der Waals surface area (Å²) in [5.74, 6) is -1.09. The lowest BCUT2D eigenvalue weighted by atomic mass is 10.2. The Morgan fingerprint density at radius 1 is 1.28 bits per heavy atom. The minimum Gasteiger partial charge on any atom is -0.497 e. The number of carboxylic acid groups (broad SMARTS) is 1. The maximum atomic E-state index is 12.2. The fraction of sp³-hybridized carbons (Fsp3) is 0.111. The molecule has 150 valence electrons. The van der Waals surface area contributed by atoms with Crippen LogP contribution in [0, 0.1) is 0 Å². The minimum absolute atomic E-state index is 0.0651. The summed E-state index contributed by atoms with van der Waals surface area (Å²) in [7, 11) is 1.54. The average molecular weight is 437 g/mol. The van der Waals surface area contributed by atoms with Crippen molar-refractivity contribution < 1.29 is 28.6 Å². The van der Waals surface area contributed by atoms with E-state index in [0.29, 0.717) is 11.4 Å². The van der Waals surface area contributed by atoms with E-state index in [-0.39, 0.29) is 27.1 Å². The van der Waals surface area contributed by atoms with Crippen molar-refractivity contribution in [2.45, 2.75) is 5.03 Å². The highest BCUT2D eigenvalue weighted by molar-refractivity contribution is 7.99. The summed E-state index contributed by atoms with van der Waals surface area (Å²) in [6.45, 7) is 0. The van der Waals surface area contributed by atoms with Crippen molar-refractivity contribution in [2.24, 2.45) is 0 Å². The molecule has 0 saturated carbocycles. The molecule has 1 heterocycles. The highest BCUT2D eigenvalue weighted by atomic mass is 35.5. The molecule has 0 radical (unpaired) electrons. The van der Waals surface area contributed by atoms with Crippen molar-refractivity contribution in [3.05, 3.63) is 63.5 Å². The quantitative estimate of drug-likeness (QED) is 0.383. The molecule has 3 N–H and O–H groups in total. The SMILES string of the molecule is COc1ccc(-[n+]2[nH]oc(=O)c2SCC(=O)Nc2ccc(Cl)c(C(=O)O)c2)cc1. The molecule has 0 spiro atoms. The molecule has 3 rings (SSSR count). The zero-order valence-corrected chi connectivity index (χ0v) is 16.5. The van der Waals surface area contributed by atoms with Crippen LogP contribution in [0.2, 0.25) is 5.02 Å². The third-order valence-corrected chi connectivity index (χ3v) is 5.12. The van der Waals surface area contributed by atoms with E-state index in [1.54, 1.807) is 31.4 Å². The van der Waals surface area contributed by atoms with E-state index in [9.17, 15) is 14.4 Å². The third kappa shape index (κ3) is 4.79. The number of amides is 1. The van der Waals surface area contributed by atoms with E-state index < -0.39 is 17.5 Å². The van der Waals surface area contributed by atoms with Gasteiger partial charge in [-0.05, 0) is 52.0 Å². The summed E-state index contributed by atoms with van der Waals surface area (Å²) in [5, 5.41) is 14.4. The molecule has 0 aliphatic rings. The van der Waals surface area contributed by atoms with Gasteiger partial charge in [0.15, 0.2) is 0 Å². The van der Waals surface area contributed by atoms with Crippen molar-refractivity contribution >= 4 is 40.9 Å². The molecular weight excluding hydrogens is 422 g/mol. The number of carbonyl (C=O) groups is 2. The van der Waals surface area contributed by atoms with Gasteiger partial charge in [-0.15, -0.1) is 0 Å². The average Bonchev–Trinajstić information content (AvgIpc) is 3.08. The van der Waals surface area contributed by atoms with Crippen LogP contribution in [0.1, 0.15) is 10.4 Å². The van der Waals surface area contributed by atoms with E-state index in [4.69, 9.17) is 26.0 Å². The number of hydrogen-bond acceptors (Lipinski definition) is 6. The number of rotatable bonds is 7. The molecular formula is C18H15ClN3O6S+. The molecule has 9 nitrogen and oxygen atoms in total. The molecule has 0 unspecified atom stereocenters. The molecule has 2 aromatic carbocycles. The zero-order chi connectivity index (χ0) is 21.0. The van der Waals surface area contributed by atoms with Crippen LogP contribution in [-0.4, -0.2) is 35.1 Å². The Morgan fingerprint density at radius 2 is 2.00 bits per heavy atom. The van der Waals surface area contributed by atoms with Gasteiger partial charge in [-0.2, -0.15) is 0 Å². The van der Waals surface area contributed by atoms with E-state index in [0.717, 1.165) is 11.8 Å². The molecule has 0 aliphatic carbocycles. The van der Waals surface area contributed by atoms with Gasteiger partial charge in [-0.25, -0.2) is 9.59 Å². The molecule has 1 amide bonds. The van der Waals surface area contributed by atoms with Crippen molar-refractivity contribution in [3.63, 3.8) is 0 Å². The van der Waals surface area contributed by atoms with E-state index in [2.05, 4.69) is 10.6 Å². The topological polar surface area (TPSA) is 126 Å². The van der Waals surface area contributed by atoms with Crippen LogP contribution < -0.4 is 20.4 Å². The smallest absolute Gasteiger partial charge is 0.442 e. The number of aromatic amines is 1. The molecule has 0 atom stereocenters. The first-order valence-corrected chi connectivity index (χ1v) is 9.49. The number of nitrogens with one attached hydrogen (secondary N) is 2. The number of benzene rings is 2. The van der Waals surface area contributed by atoms with Gasteiger partial charge in [0.1, 0.15) is 5.75 Å². The number of H-pyrrole nitrogens is 1. The third-order valence-electron chi connectivity index (χ3n) is 3.76. The van der Waals surface area contributed by atoms with Gasteiger partial charge < -0.3 is 15.2 Å². The minimum atomic E-state index is -1.20. The molecule has 0 fully saturated rings. The number of thioether (sulfide) groups is 1. The van der Waals surface area contributed by atoms with Crippen LogP contribution in [0.4, 0.5) is 5.69 Å². The summed E-state index contributed by atoms with van der Waals surface area (Å²) in [6, 6.07) is 11.0. The van der Waals surface area contributed by atoms with E-state index in [1.807, 2.05) is 0 Å². The zero-order valence-electron chi connectivity index (χ0n) is 15.0. The number of carboxylic acids is 1. The lowest BCUT2D eigenvalue weighted by Gasteiger charge is -2.06. The van der Waals surface area contributed by atoms with Gasteiger partial charge in [0.2, 0.25) is 11.6 Å². The second kappa shape index (κ2) is 8.84. The number of hydrogen-bond donors (Lipinski definition) is 3. The van der Waals surface area contributed by atoms with Crippen LogP contribution in [0.3, 0.4) is 0 Å². The Kier molecular flexibility index (Phi) is 6.25. The maximum absolute atomic E-state index is 12.2. The van der Waals surface area contributed by atoms with E-state index >= 15 is 0 Å². The number of methoxy groups -OCH3 is 1. The highest BCUT2D eigenvalue weighted by Crippen LogP contribution is 2.21. The van der Waals surface area contributed by atoms with Crippen LogP contribution in [-0.2, 0) is 4.79 Å². The van der Waals surface area contributed by atoms with Crippen molar-refractivity contribution in [1.82, 2.24) is 5.27 Å². The van der Waals surface area contributed by atoms with Gasteiger partial charge in [-0.3, -0.25) is 9.32 Å². The Bertz CT molecular complexity index is 1110. The molecule has 0 saturated heterocycles. The summed E-state index contributed by atoms with van der Waals surface area (Å²) in [5.41, 5.74) is 0.143. The van der Waals surface area contributed by atoms with Crippen LogP contribution in [0.5, 0.6) is 5.75 Å². The Morgan fingerprint density at radius 3 is 2.66 bits per heavy atom. The summed E-state index contributed by atoms with van der Waals surface area (Å²) in [4.78, 5) is 35.4. The van der Waals surface area contributed by atoms with Gasteiger partial charge in [0, 0.05) is 17.8 Å². The molecule has 11 heteroatoms. The molecule has 29 heavy (non-hydrogen) atoms. The number of aromatic carboxylic acids is 1. The number of aromatic nitrogens is 2. The predicted octanol–water partition coefficient (Wildman–Crippen LogP) is 2.34. The number of carbonyl (C=O) groups excluding carboxylic acids is 1. The number of halogens is 1. The number of ether oxygens (including phenoxy) is 1. The Balaban J connectivity index is 1.71. The normalized spacial score (nSPS) is 10.6. The first kappa shape index (κ1) is 20.5. The van der Waals surface area contributed by atoms with Crippen molar-refractivity contribution in [2.75, 3.05) is 18.2 Å². The lowest BCUT2D eigenvalue weighted by Crippen LogP contribution is -2.36. The van der Waals surface area contributed by atoms with Gasteiger partial charge >= 0.3 is 16.6 Å². The Labute approximate surface area is 173 Å². The van der Waals surface area contributed by atoms with Crippen LogP contribution >= 0.6 is 23.4 Å². The molecule has 0 aliphatic heterocycles. The molecule has 1 aromatic heterocycles. The summed E-state index contributed by atoms with van der Waals surface area (Å²) < 4.78 is 11.3. The van der Waals surface area contributed by atoms with Crippen molar-refractivity contribution in [3.8, 4) is 11.4 Å². The second-order valence-electron chi connectivity index (χ2n) is 5.66. The van der Waals surface area contributed by atoms with Crippen LogP contribution in [0.25, 0.3) is 5.69 Å². The fourth-order valence-electron chi connectivity index (χ4n) is 2.39. The Hall–Kier alpha value is -3.24. The molecule has 3 aromatic rings. The lowest BCUT2D eigenvalue weighted by molar-refractivity contribution is -0.704. The summed E-state index contributed by atoms with van der Waals surface area (Å²) >= 11 is 6.78. The maximum Gasteiger partial charge on any atom is 0.442 e. The largest absolute Gasteiger partial charge is 0.497 e. The van der Waals surface area contributed by atoms with Gasteiger partial charge in [0.05, 0.1) is 23.4 Å². The molecule has 0 bridgehead atoms. The van der Waals surface area contributed by atoms with Crippen LogP contribution in [0.15, 0.2) is 56.8 Å². The first-order chi connectivity index (χ1) is 13.9. The fourth-order valence-corrected chi connectivity index (χ4v) is 3.36. The number of anilines is 1.